The van der Waals surface area contributed by atoms with Crippen molar-refractivity contribution in [3.8, 4) is 0 Å². The van der Waals surface area contributed by atoms with E-state index >= 15 is 0 Å². The van der Waals surface area contributed by atoms with Crippen LogP contribution < -0.4 is 10.6 Å². The van der Waals surface area contributed by atoms with Crippen LogP contribution in [0.5, 0.6) is 0 Å². The lowest BCUT2D eigenvalue weighted by atomic mass is 10.3. The van der Waals surface area contributed by atoms with Crippen LogP contribution in [-0.2, 0) is 4.74 Å². The zero-order valence-corrected chi connectivity index (χ0v) is 11.5. The molecule has 0 radical (unpaired) electrons. The molecule has 1 aromatic carbocycles. The van der Waals surface area contributed by atoms with E-state index in [2.05, 4.69) is 10.6 Å². The largest absolute Gasteiger partial charge is 0.382 e. The van der Waals surface area contributed by atoms with Crippen molar-refractivity contribution in [3.05, 3.63) is 34.4 Å². The number of nitrogens with zero attached hydrogens (tertiary/aromatic N) is 1. The Bertz CT molecular complexity index is 423. The summed E-state index contributed by atoms with van der Waals surface area (Å²) in [6.07, 6.45) is 0.871. The molecule has 0 aliphatic carbocycles. The molecule has 19 heavy (non-hydrogen) atoms. The van der Waals surface area contributed by atoms with E-state index in [9.17, 15) is 10.1 Å². The van der Waals surface area contributed by atoms with Crippen LogP contribution in [0.3, 0.4) is 0 Å². The van der Waals surface area contributed by atoms with Crippen LogP contribution in [-0.4, -0.2) is 29.8 Å². The predicted molar refractivity (Wildman–Crippen MR) is 78.4 cm³/mol. The number of benzene rings is 1. The van der Waals surface area contributed by atoms with E-state index in [1.807, 2.05) is 6.92 Å². The molecule has 1 aromatic rings. The van der Waals surface area contributed by atoms with E-state index in [4.69, 9.17) is 17.0 Å². The Morgan fingerprint density at radius 3 is 2.68 bits per heavy atom. The fourth-order valence-corrected chi connectivity index (χ4v) is 1.58. The van der Waals surface area contributed by atoms with Gasteiger partial charge in [-0.2, -0.15) is 0 Å². The average Bonchev–Trinajstić information content (AvgIpc) is 2.39. The Kier molecular flexibility index (Phi) is 6.76. The van der Waals surface area contributed by atoms with Gasteiger partial charge in [0.2, 0.25) is 0 Å². The number of rotatable bonds is 7. The van der Waals surface area contributed by atoms with Crippen molar-refractivity contribution in [2.75, 3.05) is 25.1 Å². The van der Waals surface area contributed by atoms with E-state index in [1.54, 1.807) is 12.1 Å². The molecule has 104 valence electrons. The van der Waals surface area contributed by atoms with Gasteiger partial charge in [-0.15, -0.1) is 0 Å². The lowest BCUT2D eigenvalue weighted by molar-refractivity contribution is -0.384. The third-order valence-electron chi connectivity index (χ3n) is 2.29. The highest BCUT2D eigenvalue weighted by molar-refractivity contribution is 7.80. The Morgan fingerprint density at radius 1 is 1.42 bits per heavy atom. The van der Waals surface area contributed by atoms with Crippen molar-refractivity contribution in [2.24, 2.45) is 0 Å². The van der Waals surface area contributed by atoms with Gasteiger partial charge in [-0.3, -0.25) is 10.1 Å². The van der Waals surface area contributed by atoms with Gasteiger partial charge in [0.25, 0.3) is 5.69 Å². The molecule has 6 nitrogen and oxygen atoms in total. The summed E-state index contributed by atoms with van der Waals surface area (Å²) >= 11 is 5.10. The van der Waals surface area contributed by atoms with E-state index < -0.39 is 4.92 Å². The quantitative estimate of drug-likeness (QED) is 0.346. The van der Waals surface area contributed by atoms with Crippen molar-refractivity contribution in [2.45, 2.75) is 13.3 Å². The standard InChI is InChI=1S/C12H17N3O3S/c1-2-18-9-3-8-13-12(19)14-10-4-6-11(7-5-10)15(16)17/h4-7H,2-3,8-9H2,1H3,(H2,13,14,19). The summed E-state index contributed by atoms with van der Waals surface area (Å²) in [6, 6.07) is 6.10. The first kappa shape index (κ1) is 15.3. The van der Waals surface area contributed by atoms with Crippen LogP contribution in [0.2, 0.25) is 0 Å². The Labute approximate surface area is 117 Å². The summed E-state index contributed by atoms with van der Waals surface area (Å²) in [5.74, 6) is 0. The number of nitro groups is 1. The third-order valence-corrected chi connectivity index (χ3v) is 2.54. The van der Waals surface area contributed by atoms with E-state index in [0.29, 0.717) is 24.0 Å². The van der Waals surface area contributed by atoms with Crippen molar-refractivity contribution in [1.29, 1.82) is 0 Å². The lowest BCUT2D eigenvalue weighted by Gasteiger charge is -2.10. The van der Waals surface area contributed by atoms with Crippen LogP contribution in [0.4, 0.5) is 11.4 Å². The molecule has 0 fully saturated rings. The molecule has 0 spiro atoms. The molecule has 0 saturated carbocycles. The van der Waals surface area contributed by atoms with Gasteiger partial charge < -0.3 is 15.4 Å². The van der Waals surface area contributed by atoms with Crippen molar-refractivity contribution in [3.63, 3.8) is 0 Å². The van der Waals surface area contributed by atoms with Crippen molar-refractivity contribution >= 4 is 28.7 Å². The highest BCUT2D eigenvalue weighted by Gasteiger charge is 2.04. The van der Waals surface area contributed by atoms with Gasteiger partial charge in [-0.25, -0.2) is 0 Å². The van der Waals surface area contributed by atoms with E-state index in [1.165, 1.54) is 12.1 Å². The maximum Gasteiger partial charge on any atom is 0.269 e. The molecule has 0 amide bonds. The monoisotopic (exact) mass is 283 g/mol. The second kappa shape index (κ2) is 8.39. The molecule has 2 N–H and O–H groups in total. The lowest BCUT2D eigenvalue weighted by Crippen LogP contribution is -2.29. The zero-order valence-electron chi connectivity index (χ0n) is 10.7. The first-order valence-corrected chi connectivity index (χ1v) is 6.41. The van der Waals surface area contributed by atoms with Gasteiger partial charge in [0, 0.05) is 37.6 Å². The SMILES string of the molecule is CCOCCCNC(=S)Nc1ccc([N+](=O)[O-])cc1. The van der Waals surface area contributed by atoms with Crippen molar-refractivity contribution < 1.29 is 9.66 Å². The maximum atomic E-state index is 10.5. The first-order valence-electron chi connectivity index (χ1n) is 6.00. The van der Waals surface area contributed by atoms with E-state index in [0.717, 1.165) is 13.0 Å². The highest BCUT2D eigenvalue weighted by atomic mass is 32.1. The first-order chi connectivity index (χ1) is 9.13. The molecule has 0 aromatic heterocycles. The third kappa shape index (κ3) is 6.12. The molecule has 0 unspecified atom stereocenters. The molecule has 0 saturated heterocycles. The van der Waals surface area contributed by atoms with E-state index in [-0.39, 0.29) is 5.69 Å². The number of nitro benzene ring substituents is 1. The highest BCUT2D eigenvalue weighted by Crippen LogP contribution is 2.15. The summed E-state index contributed by atoms with van der Waals surface area (Å²) in [5, 5.41) is 17.0. The Hall–Kier alpha value is -1.73. The number of anilines is 1. The number of non-ortho nitro benzene ring substituents is 1. The minimum absolute atomic E-state index is 0.0566. The number of thiocarbonyl (C=S) groups is 1. The molecule has 7 heteroatoms. The van der Waals surface area contributed by atoms with Crippen LogP contribution in [0.15, 0.2) is 24.3 Å². The van der Waals surface area contributed by atoms with Crippen LogP contribution in [0.1, 0.15) is 13.3 Å². The maximum absolute atomic E-state index is 10.5. The Morgan fingerprint density at radius 2 is 2.11 bits per heavy atom. The molecule has 0 bridgehead atoms. The summed E-state index contributed by atoms with van der Waals surface area (Å²) in [4.78, 5) is 10.1. The van der Waals surface area contributed by atoms with Crippen LogP contribution in [0, 0.1) is 10.1 Å². The molecule has 1 rings (SSSR count). The molecule has 0 atom stereocenters. The normalized spacial score (nSPS) is 9.95. The minimum Gasteiger partial charge on any atom is -0.382 e. The Balaban J connectivity index is 2.30. The van der Waals surface area contributed by atoms with Gasteiger partial charge in [0.05, 0.1) is 4.92 Å². The summed E-state index contributed by atoms with van der Waals surface area (Å²) in [7, 11) is 0. The summed E-state index contributed by atoms with van der Waals surface area (Å²) < 4.78 is 5.20. The molecular formula is C12H17N3O3S. The summed E-state index contributed by atoms with van der Waals surface area (Å²) in [6.45, 7) is 4.09. The predicted octanol–water partition coefficient (Wildman–Crippen LogP) is 2.31. The minimum atomic E-state index is -0.436. The topological polar surface area (TPSA) is 76.4 Å². The summed E-state index contributed by atoms with van der Waals surface area (Å²) in [5.41, 5.74) is 0.772. The fraction of sp³-hybridized carbons (Fsp3) is 0.417. The molecule has 0 heterocycles. The van der Waals surface area contributed by atoms with Gasteiger partial charge in [-0.1, -0.05) is 0 Å². The average molecular weight is 283 g/mol. The molecule has 0 aliphatic rings. The molecule has 0 aliphatic heterocycles. The van der Waals surface area contributed by atoms with Crippen LogP contribution >= 0.6 is 12.2 Å². The second-order valence-corrected chi connectivity index (χ2v) is 4.14. The zero-order chi connectivity index (χ0) is 14.1. The van der Waals surface area contributed by atoms with Gasteiger partial charge >= 0.3 is 0 Å². The van der Waals surface area contributed by atoms with Gasteiger partial charge in [0.1, 0.15) is 0 Å². The fourth-order valence-electron chi connectivity index (χ4n) is 1.36. The smallest absolute Gasteiger partial charge is 0.269 e. The number of hydrogen-bond donors (Lipinski definition) is 2. The van der Waals surface area contributed by atoms with Crippen LogP contribution in [0.25, 0.3) is 0 Å². The van der Waals surface area contributed by atoms with Gasteiger partial charge in [0.15, 0.2) is 5.11 Å². The van der Waals surface area contributed by atoms with Gasteiger partial charge in [-0.05, 0) is 37.7 Å². The number of ether oxygens (including phenoxy) is 1. The van der Waals surface area contributed by atoms with Crippen molar-refractivity contribution in [1.82, 2.24) is 5.32 Å². The number of nitrogens with one attached hydrogen (secondary N) is 2. The second-order valence-electron chi connectivity index (χ2n) is 3.74. The number of hydrogen-bond acceptors (Lipinski definition) is 4. The molecular weight excluding hydrogens is 266 g/mol.